The van der Waals surface area contributed by atoms with E-state index in [0.717, 1.165) is 32.1 Å². The highest BCUT2D eigenvalue weighted by atomic mass is 16.6. The van der Waals surface area contributed by atoms with E-state index in [9.17, 15) is 20.1 Å². The summed E-state index contributed by atoms with van der Waals surface area (Å²) in [6.07, 6.45) is 9.64. The number of ether oxygens (including phenoxy) is 1. The van der Waals surface area contributed by atoms with Crippen molar-refractivity contribution in [1.82, 2.24) is 0 Å². The van der Waals surface area contributed by atoms with Gasteiger partial charge in [0, 0.05) is 12.3 Å². The van der Waals surface area contributed by atoms with Gasteiger partial charge in [-0.25, -0.2) is 0 Å². The van der Waals surface area contributed by atoms with E-state index in [4.69, 9.17) is 11.2 Å². The number of terminal acetylenes is 1. The zero-order valence-electron chi connectivity index (χ0n) is 17.2. The van der Waals surface area contributed by atoms with Crippen LogP contribution >= 0.6 is 0 Å². The van der Waals surface area contributed by atoms with Gasteiger partial charge in [-0.05, 0) is 74.0 Å². The third-order valence-electron chi connectivity index (χ3n) is 9.45. The summed E-state index contributed by atoms with van der Waals surface area (Å²) in [6, 6.07) is 0. The van der Waals surface area contributed by atoms with Crippen molar-refractivity contribution in [2.75, 3.05) is 0 Å². The highest BCUT2D eigenvalue weighted by Crippen LogP contribution is 2.68. The van der Waals surface area contributed by atoms with Crippen molar-refractivity contribution in [2.24, 2.45) is 34.5 Å². The van der Waals surface area contributed by atoms with Crippen LogP contribution in [0.3, 0.4) is 0 Å². The van der Waals surface area contributed by atoms with Gasteiger partial charge >= 0.3 is 5.97 Å². The fourth-order valence-corrected chi connectivity index (χ4v) is 7.90. The Morgan fingerprint density at radius 1 is 1.07 bits per heavy atom. The number of fused-ring (bicyclic) bond motifs is 5. The van der Waals surface area contributed by atoms with Gasteiger partial charge in [0.1, 0.15) is 6.10 Å². The maximum Gasteiger partial charge on any atom is 0.303 e. The van der Waals surface area contributed by atoms with E-state index >= 15 is 0 Å². The molecule has 0 aromatic carbocycles. The van der Waals surface area contributed by atoms with Crippen LogP contribution in [0.25, 0.3) is 0 Å². The average Bonchev–Trinajstić information content (AvgIpc) is 2.86. The van der Waals surface area contributed by atoms with Gasteiger partial charge in [0.05, 0.1) is 12.2 Å². The lowest BCUT2D eigenvalue weighted by molar-refractivity contribution is -0.185. The first-order valence-corrected chi connectivity index (χ1v) is 10.8. The SMILES string of the molecule is C#C[C@]1(O)[C@H](OC(C)=O)C[C@H]2[C@@H]3CCC4[C@H](O)[C@H](O)CC[C@]4(C)[C@H]3CC[C@@]21C. The van der Waals surface area contributed by atoms with Gasteiger partial charge < -0.3 is 20.1 Å². The Labute approximate surface area is 167 Å². The Morgan fingerprint density at radius 3 is 2.43 bits per heavy atom. The molecule has 4 aliphatic rings. The van der Waals surface area contributed by atoms with Crippen LogP contribution in [0, 0.1) is 46.8 Å². The monoisotopic (exact) mass is 390 g/mol. The normalized spacial score (nSPS) is 55.4. The quantitative estimate of drug-likeness (QED) is 0.472. The number of aliphatic hydroxyl groups is 3. The van der Waals surface area contributed by atoms with Gasteiger partial charge in [0.25, 0.3) is 0 Å². The lowest BCUT2D eigenvalue weighted by Crippen LogP contribution is -2.60. The van der Waals surface area contributed by atoms with Crippen molar-refractivity contribution >= 4 is 5.97 Å². The molecule has 0 aromatic heterocycles. The molecule has 0 bridgehead atoms. The Morgan fingerprint density at radius 2 is 1.79 bits per heavy atom. The lowest BCUT2D eigenvalue weighted by atomic mass is 9.44. The molecule has 0 aromatic rings. The molecular formula is C23H34O5. The molecule has 0 spiro atoms. The summed E-state index contributed by atoms with van der Waals surface area (Å²) < 4.78 is 5.51. The molecule has 0 radical (unpaired) electrons. The van der Waals surface area contributed by atoms with Gasteiger partial charge in [-0.1, -0.05) is 19.8 Å². The Kier molecular flexibility index (Phi) is 4.65. The molecule has 4 rings (SSSR count). The number of carbonyl (C=O) groups is 1. The van der Waals surface area contributed by atoms with Crippen LogP contribution in [0.5, 0.6) is 0 Å². The van der Waals surface area contributed by atoms with Crippen molar-refractivity contribution in [2.45, 2.75) is 89.6 Å². The molecule has 156 valence electrons. The molecular weight excluding hydrogens is 356 g/mol. The van der Waals surface area contributed by atoms with E-state index in [2.05, 4.69) is 19.8 Å². The van der Waals surface area contributed by atoms with Crippen molar-refractivity contribution < 1.29 is 24.9 Å². The minimum Gasteiger partial charge on any atom is -0.458 e. The molecule has 0 saturated heterocycles. The van der Waals surface area contributed by atoms with Gasteiger partial charge in [-0.3, -0.25) is 4.79 Å². The number of rotatable bonds is 1. The second kappa shape index (κ2) is 6.45. The fourth-order valence-electron chi connectivity index (χ4n) is 7.90. The van der Waals surface area contributed by atoms with Crippen LogP contribution in [0.1, 0.15) is 65.7 Å². The molecule has 28 heavy (non-hydrogen) atoms. The van der Waals surface area contributed by atoms with E-state index in [1.807, 2.05) is 0 Å². The van der Waals surface area contributed by atoms with Crippen molar-refractivity contribution in [3.05, 3.63) is 0 Å². The van der Waals surface area contributed by atoms with Gasteiger partial charge in [0.15, 0.2) is 5.60 Å². The van der Waals surface area contributed by atoms with Crippen LogP contribution in [0.2, 0.25) is 0 Å². The topological polar surface area (TPSA) is 87.0 Å². The van der Waals surface area contributed by atoms with Gasteiger partial charge in [0.2, 0.25) is 0 Å². The van der Waals surface area contributed by atoms with Crippen LogP contribution in [-0.4, -0.2) is 45.2 Å². The first kappa shape index (κ1) is 20.2. The number of carbonyl (C=O) groups excluding carboxylic acids is 1. The van der Waals surface area contributed by atoms with E-state index in [-0.39, 0.29) is 17.3 Å². The number of aliphatic hydroxyl groups excluding tert-OH is 2. The molecule has 1 unspecified atom stereocenters. The number of hydrogen-bond acceptors (Lipinski definition) is 5. The highest BCUT2D eigenvalue weighted by Gasteiger charge is 2.69. The molecule has 0 amide bonds. The molecule has 0 aliphatic heterocycles. The average molecular weight is 391 g/mol. The number of esters is 1. The first-order valence-electron chi connectivity index (χ1n) is 10.8. The molecule has 4 aliphatic carbocycles. The lowest BCUT2D eigenvalue weighted by Gasteiger charge is -2.61. The van der Waals surface area contributed by atoms with Crippen LogP contribution < -0.4 is 0 Å². The summed E-state index contributed by atoms with van der Waals surface area (Å²) in [4.78, 5) is 11.6. The summed E-state index contributed by atoms with van der Waals surface area (Å²) in [6.45, 7) is 5.73. The molecule has 5 nitrogen and oxygen atoms in total. The zero-order valence-corrected chi connectivity index (χ0v) is 17.2. The molecule has 5 heteroatoms. The van der Waals surface area contributed by atoms with E-state index in [0.29, 0.717) is 24.7 Å². The van der Waals surface area contributed by atoms with E-state index < -0.39 is 35.3 Å². The second-order valence-corrected chi connectivity index (χ2v) is 10.4. The first-order chi connectivity index (χ1) is 13.1. The second-order valence-electron chi connectivity index (χ2n) is 10.4. The molecule has 4 fully saturated rings. The predicted octanol–water partition coefficient (Wildman–Crippen LogP) is 2.27. The molecule has 0 heterocycles. The van der Waals surface area contributed by atoms with Gasteiger partial charge in [-0.15, -0.1) is 6.42 Å². The summed E-state index contributed by atoms with van der Waals surface area (Å²) in [5, 5.41) is 32.3. The smallest absolute Gasteiger partial charge is 0.303 e. The van der Waals surface area contributed by atoms with E-state index in [1.165, 1.54) is 6.92 Å². The van der Waals surface area contributed by atoms with Crippen LogP contribution in [-0.2, 0) is 9.53 Å². The predicted molar refractivity (Wildman–Crippen MR) is 104 cm³/mol. The van der Waals surface area contributed by atoms with Crippen molar-refractivity contribution in [3.63, 3.8) is 0 Å². The summed E-state index contributed by atoms with van der Waals surface area (Å²) in [5.41, 5.74) is -1.91. The summed E-state index contributed by atoms with van der Waals surface area (Å²) in [7, 11) is 0. The largest absolute Gasteiger partial charge is 0.458 e. The minimum atomic E-state index is -1.44. The van der Waals surface area contributed by atoms with Crippen molar-refractivity contribution in [1.29, 1.82) is 0 Å². The van der Waals surface area contributed by atoms with E-state index in [1.54, 1.807) is 0 Å². The molecule has 4 saturated carbocycles. The maximum atomic E-state index is 11.6. The summed E-state index contributed by atoms with van der Waals surface area (Å²) >= 11 is 0. The van der Waals surface area contributed by atoms with Crippen LogP contribution in [0.15, 0.2) is 0 Å². The fraction of sp³-hybridized carbons (Fsp3) is 0.870. The Balaban J connectivity index is 1.67. The minimum absolute atomic E-state index is 0.00330. The summed E-state index contributed by atoms with van der Waals surface area (Å²) in [5.74, 6) is 3.35. The van der Waals surface area contributed by atoms with Gasteiger partial charge in [-0.2, -0.15) is 0 Å². The third-order valence-corrected chi connectivity index (χ3v) is 9.45. The standard InChI is InChI=1S/C23H34O5/c1-5-23(27)19(28-13(2)24)12-17-14-6-7-16-20(26)18(25)9-10-21(16,3)15(14)8-11-22(17,23)4/h1,14-20,25-27H,6-12H2,2-4H3/t14-,15+,16?,17+,18-,19-,20+,21-,22+,23+/m1/s1. The Bertz CT molecular complexity index is 700. The zero-order chi connectivity index (χ0) is 20.5. The third kappa shape index (κ3) is 2.47. The number of hydrogen-bond donors (Lipinski definition) is 3. The molecule has 10 atom stereocenters. The molecule has 3 N–H and O–H groups in total. The maximum absolute atomic E-state index is 11.6. The van der Waals surface area contributed by atoms with Crippen molar-refractivity contribution in [3.8, 4) is 12.3 Å². The van der Waals surface area contributed by atoms with Crippen LogP contribution in [0.4, 0.5) is 0 Å². The highest BCUT2D eigenvalue weighted by molar-refractivity contribution is 5.66. The Hall–Kier alpha value is -1.09.